The van der Waals surface area contributed by atoms with Crippen molar-refractivity contribution in [2.75, 3.05) is 0 Å². The Morgan fingerprint density at radius 2 is 0.347 bits per heavy atom. The number of hydrogen-bond donors (Lipinski definition) is 0. The normalized spacial score (nSPS) is 11.6. The number of hydrogen-bond acceptors (Lipinski definition) is 12. The smallest absolute Gasteiger partial charge is 0.164 e. The molecule has 0 aliphatic rings. The molecule has 12 nitrogen and oxygen atoms in total. The van der Waals surface area contributed by atoms with E-state index in [2.05, 4.69) is 341 Å². The Balaban J connectivity index is 0.000000109. The maximum absolute atomic E-state index is 5.02. The first-order chi connectivity index (χ1) is 74.3. The average molecular weight is 1970 g/mol. The molecule has 0 spiro atoms. The van der Waals surface area contributed by atoms with E-state index in [1.165, 1.54) is 137 Å². The van der Waals surface area contributed by atoms with E-state index in [-0.39, 0.29) is 0 Å². The molecule has 0 atom stereocenters. The van der Waals surface area contributed by atoms with Crippen LogP contribution in [0.2, 0.25) is 0 Å². The molecular formula is C135H84N12S3. The maximum Gasteiger partial charge on any atom is 0.164 e. The number of benzene rings is 21. The zero-order valence-electron chi connectivity index (χ0n) is 80.6. The molecule has 30 rings (SSSR count). The summed E-state index contributed by atoms with van der Waals surface area (Å²) in [5, 5.41) is 15.4. The van der Waals surface area contributed by atoms with E-state index in [1.807, 2.05) is 216 Å². The Kier molecular flexibility index (Phi) is 22.2. The lowest BCUT2D eigenvalue weighted by Crippen LogP contribution is -2.01. The van der Waals surface area contributed by atoms with Crippen LogP contribution in [-0.4, -0.2) is 58.6 Å². The van der Waals surface area contributed by atoms with Crippen molar-refractivity contribution >= 4 is 160 Å². The van der Waals surface area contributed by atoms with Gasteiger partial charge in [-0.05, 0) is 149 Å². The molecule has 0 saturated heterocycles. The van der Waals surface area contributed by atoms with Crippen LogP contribution in [0.3, 0.4) is 0 Å². The second kappa shape index (κ2) is 37.7. The van der Waals surface area contributed by atoms with Crippen molar-refractivity contribution in [2.45, 2.75) is 0 Å². The van der Waals surface area contributed by atoms with Gasteiger partial charge in [-0.15, -0.1) is 34.0 Å². The molecule has 21 aromatic carbocycles. The lowest BCUT2D eigenvalue weighted by molar-refractivity contribution is 1.07. The molecule has 15 heteroatoms. The molecule has 0 radical (unpaired) electrons. The number of aromatic nitrogens is 12. The molecule has 0 amide bonds. The summed E-state index contributed by atoms with van der Waals surface area (Å²) in [5.74, 6) is 5.86. The van der Waals surface area contributed by atoms with Gasteiger partial charge in [0.2, 0.25) is 0 Å². The van der Waals surface area contributed by atoms with E-state index in [9.17, 15) is 0 Å². The summed E-state index contributed by atoms with van der Waals surface area (Å²) in [6.45, 7) is 0. The molecule has 0 aliphatic carbocycles. The van der Waals surface area contributed by atoms with Gasteiger partial charge in [-0.25, -0.2) is 44.9 Å². The van der Waals surface area contributed by atoms with Crippen LogP contribution in [-0.2, 0) is 0 Å². The van der Waals surface area contributed by atoms with Crippen molar-refractivity contribution in [1.29, 1.82) is 0 Å². The highest BCUT2D eigenvalue weighted by Crippen LogP contribution is 2.50. The maximum atomic E-state index is 5.02. The molecule has 0 unspecified atom stereocenters. The molecule has 0 fully saturated rings. The van der Waals surface area contributed by atoms with Gasteiger partial charge in [0.25, 0.3) is 0 Å². The van der Waals surface area contributed by atoms with Crippen molar-refractivity contribution in [3.8, 4) is 153 Å². The second-order valence-corrected chi connectivity index (χ2v) is 40.5. The van der Waals surface area contributed by atoms with Gasteiger partial charge in [0.05, 0.1) is 33.1 Å². The number of para-hydroxylation sites is 2. The van der Waals surface area contributed by atoms with Crippen LogP contribution in [0, 0.1) is 0 Å². The van der Waals surface area contributed by atoms with Crippen LogP contribution < -0.4 is 0 Å². The van der Waals surface area contributed by atoms with E-state index < -0.39 is 0 Å². The second-order valence-electron chi connectivity index (χ2n) is 37.4. The van der Waals surface area contributed by atoms with E-state index in [0.717, 1.165) is 89.4 Å². The molecular weight excluding hydrogens is 1890 g/mol. The van der Waals surface area contributed by atoms with E-state index >= 15 is 0 Å². The van der Waals surface area contributed by atoms with E-state index in [0.29, 0.717) is 52.4 Å². The first kappa shape index (κ1) is 88.4. The SMILES string of the molecule is c1ccc(-c2cccc(-n3c4ccc(-c5cccc(-c6nc(-c7ccccc7)nc(-c7ccccc7)n6)c5)cc4c4c5sc6ccccc6c5ccc43)c2)cc1.c1ccc(-c2nc(-c3ccccc3)nc(-c3cccc(-c4ccc5c(c4)c4c6sc7ccccc7c6ccc4n5-c4ccccc4)c3)n2)cc1.c1ccc(-c2nc(-c3ccccc3)nc(-c3cccc(-n4c5ccccc5c5c6sc7ccccc7c6ccc54)c3)n2)cc1. The Hall–Kier alpha value is -19.3. The number of fused-ring (bicyclic) bond motifs is 21. The van der Waals surface area contributed by atoms with Crippen molar-refractivity contribution in [2.24, 2.45) is 0 Å². The van der Waals surface area contributed by atoms with Gasteiger partial charge in [0, 0.05) is 160 Å². The molecule has 0 aliphatic heterocycles. The summed E-state index contributed by atoms with van der Waals surface area (Å²) in [6, 6.07) is 179. The predicted molar refractivity (Wildman–Crippen MR) is 626 cm³/mol. The Morgan fingerprint density at radius 3 is 0.693 bits per heavy atom. The van der Waals surface area contributed by atoms with Crippen molar-refractivity contribution in [3.63, 3.8) is 0 Å². The van der Waals surface area contributed by atoms with Crippen LogP contribution in [0.1, 0.15) is 0 Å². The van der Waals surface area contributed by atoms with Crippen LogP contribution in [0.25, 0.3) is 279 Å². The number of rotatable bonds is 15. The monoisotopic (exact) mass is 1970 g/mol. The molecule has 30 aromatic rings. The van der Waals surface area contributed by atoms with Crippen molar-refractivity contribution in [1.82, 2.24) is 58.6 Å². The minimum absolute atomic E-state index is 0.641. The lowest BCUT2D eigenvalue weighted by Gasteiger charge is -2.11. The van der Waals surface area contributed by atoms with Gasteiger partial charge in [-0.2, -0.15) is 0 Å². The Morgan fingerprint density at radius 1 is 0.127 bits per heavy atom. The first-order valence-corrected chi connectivity index (χ1v) is 52.6. The first-order valence-electron chi connectivity index (χ1n) is 50.1. The van der Waals surface area contributed by atoms with Gasteiger partial charge in [-0.1, -0.05) is 394 Å². The minimum Gasteiger partial charge on any atom is -0.309 e. The Bertz CT molecular complexity index is 10300. The third-order valence-electron chi connectivity index (χ3n) is 28.3. The van der Waals surface area contributed by atoms with Crippen molar-refractivity contribution < 1.29 is 0 Å². The summed E-state index contributed by atoms with van der Waals surface area (Å²) in [7, 11) is 0. The van der Waals surface area contributed by atoms with Gasteiger partial charge < -0.3 is 13.7 Å². The number of thiophene rings is 3. The zero-order valence-corrected chi connectivity index (χ0v) is 83.0. The largest absolute Gasteiger partial charge is 0.309 e. The molecule has 9 heterocycles. The standard InChI is InChI=1S/C51H32N4S.C45H28N4S.C39H24N4S/c1-4-14-33(15-5-1)37-21-13-23-40(31-37)55-44-28-26-38(32-43(44)47-45(55)29-27-42-41-24-10-11-25-46(41)56-48(42)47)36-20-12-22-39(30-36)51-53-49(34-16-6-2-7-17-34)52-50(54-51)35-18-8-3-9-19-35;1-4-13-29(14-5-1)43-46-44(30-15-6-2-7-16-30)48-45(47-43)33-18-12-17-31(27-33)32-23-25-38-37(28-32)41-39(49(38)34-19-8-3-9-20-34)26-24-36-35-21-10-11-22-40(35)50-42(36)41;1-3-12-25(13-4-1)37-40-38(26-14-5-2-6-15-26)42-39(41-37)27-16-11-17-28(24-27)43-32-20-9-7-19-31(32)35-33(43)23-22-30-29-18-8-10-21-34(29)44-36(30)35/h1-32H;1-28H;1-24H. The predicted octanol–water partition coefficient (Wildman–Crippen LogP) is 36.0. The third-order valence-corrected chi connectivity index (χ3v) is 31.9. The van der Waals surface area contributed by atoms with Gasteiger partial charge >= 0.3 is 0 Å². The molecule has 150 heavy (non-hydrogen) atoms. The highest BCUT2D eigenvalue weighted by molar-refractivity contribution is 7.27. The molecule has 702 valence electrons. The number of nitrogens with zero attached hydrogens (tertiary/aromatic N) is 12. The summed E-state index contributed by atoms with van der Waals surface area (Å²) >= 11 is 5.63. The fraction of sp³-hybridized carbons (Fsp3) is 0. The van der Waals surface area contributed by atoms with Crippen LogP contribution in [0.5, 0.6) is 0 Å². The summed E-state index contributed by atoms with van der Waals surface area (Å²) in [4.78, 5) is 44.7. The fourth-order valence-electron chi connectivity index (χ4n) is 21.3. The summed E-state index contributed by atoms with van der Waals surface area (Å²) in [6.07, 6.45) is 0. The van der Waals surface area contributed by atoms with Crippen LogP contribution in [0.4, 0.5) is 0 Å². The average Bonchev–Trinajstić information content (AvgIpc) is 1.55. The van der Waals surface area contributed by atoms with Gasteiger partial charge in [-0.3, -0.25) is 0 Å². The van der Waals surface area contributed by atoms with E-state index in [4.69, 9.17) is 44.9 Å². The van der Waals surface area contributed by atoms with Gasteiger partial charge in [0.15, 0.2) is 52.4 Å². The van der Waals surface area contributed by atoms with Gasteiger partial charge in [0.1, 0.15) is 0 Å². The fourth-order valence-corrected chi connectivity index (χ4v) is 25.1. The summed E-state index contributed by atoms with van der Waals surface area (Å²) < 4.78 is 15.1. The molecule has 9 aromatic heterocycles. The molecule has 0 saturated carbocycles. The highest BCUT2D eigenvalue weighted by atomic mass is 32.1. The Labute approximate surface area is 874 Å². The van der Waals surface area contributed by atoms with Crippen LogP contribution in [0.15, 0.2) is 510 Å². The summed E-state index contributed by atoms with van der Waals surface area (Å²) in [5.41, 5.74) is 25.9. The topological polar surface area (TPSA) is 131 Å². The quantitative estimate of drug-likeness (QED) is 0.0984. The van der Waals surface area contributed by atoms with Crippen molar-refractivity contribution in [3.05, 3.63) is 510 Å². The molecule has 0 N–H and O–H groups in total. The zero-order chi connectivity index (χ0) is 99.1. The van der Waals surface area contributed by atoms with E-state index in [1.54, 1.807) is 0 Å². The highest BCUT2D eigenvalue weighted by Gasteiger charge is 2.26. The third kappa shape index (κ3) is 16.0. The van der Waals surface area contributed by atoms with Crippen LogP contribution >= 0.6 is 34.0 Å². The lowest BCUT2D eigenvalue weighted by atomic mass is 10.00. The minimum atomic E-state index is 0.641. The molecule has 0 bridgehead atoms.